The summed E-state index contributed by atoms with van der Waals surface area (Å²) < 4.78 is 23.4. The summed E-state index contributed by atoms with van der Waals surface area (Å²) >= 11 is 0. The van der Waals surface area contributed by atoms with Crippen molar-refractivity contribution >= 4 is 13.7 Å². The topological polar surface area (TPSA) is 105 Å². The van der Waals surface area contributed by atoms with Crippen molar-refractivity contribution in [3.8, 4) is 0 Å². The fraction of sp³-hybridized carbons (Fsp3) is 0.854. The summed E-state index contributed by atoms with van der Waals surface area (Å²) in [5.41, 5.74) is 0. The molecule has 57 heavy (non-hydrogen) atoms. The van der Waals surface area contributed by atoms with E-state index in [1.54, 1.807) is 6.08 Å². The Morgan fingerprint density at radius 3 is 1.40 bits per heavy atom. The number of aliphatic hydroxyl groups excluding tert-OH is 1. The zero-order valence-corrected chi connectivity index (χ0v) is 39.0. The number of nitrogens with zero attached hydrogens (tertiary/aromatic N) is 1. The molecule has 0 fully saturated rings. The number of unbranched alkanes of at least 4 members (excludes halogenated alkanes) is 26. The van der Waals surface area contributed by atoms with E-state index in [4.69, 9.17) is 9.05 Å². The molecule has 3 atom stereocenters. The molecule has 3 unspecified atom stereocenters. The summed E-state index contributed by atoms with van der Waals surface area (Å²) in [6.07, 6.45) is 50.1. The highest BCUT2D eigenvalue weighted by Crippen LogP contribution is 2.43. The number of allylic oxidation sites excluding steroid dienone is 5. The summed E-state index contributed by atoms with van der Waals surface area (Å²) in [4.78, 5) is 22.8. The third kappa shape index (κ3) is 42.6. The number of aliphatic hydroxyl groups is 1. The monoisotopic (exact) mass is 826 g/mol. The van der Waals surface area contributed by atoms with Gasteiger partial charge in [0.2, 0.25) is 5.91 Å². The highest BCUT2D eigenvalue weighted by atomic mass is 31.2. The first-order chi connectivity index (χ1) is 27.5. The molecule has 0 rings (SSSR count). The molecule has 3 N–H and O–H groups in total. The van der Waals surface area contributed by atoms with E-state index < -0.39 is 20.0 Å². The Morgan fingerprint density at radius 1 is 0.579 bits per heavy atom. The van der Waals surface area contributed by atoms with E-state index in [9.17, 15) is 19.4 Å². The summed E-state index contributed by atoms with van der Waals surface area (Å²) in [7, 11) is 1.54. The molecule has 0 aliphatic carbocycles. The maximum atomic E-state index is 12.6. The van der Waals surface area contributed by atoms with Crippen LogP contribution in [0.25, 0.3) is 0 Å². The van der Waals surface area contributed by atoms with Gasteiger partial charge in [-0.2, -0.15) is 0 Å². The van der Waals surface area contributed by atoms with Crippen LogP contribution in [-0.4, -0.2) is 73.4 Å². The highest BCUT2D eigenvalue weighted by molar-refractivity contribution is 7.47. The molecule has 0 aromatic heterocycles. The molecular formula is C48H94N2O6P+. The second-order valence-electron chi connectivity index (χ2n) is 17.5. The number of phosphoric acid groups is 1. The summed E-state index contributed by atoms with van der Waals surface area (Å²) in [5.74, 6) is -0.205. The van der Waals surface area contributed by atoms with E-state index >= 15 is 0 Å². The van der Waals surface area contributed by atoms with Crippen LogP contribution in [0.4, 0.5) is 0 Å². The van der Waals surface area contributed by atoms with Gasteiger partial charge >= 0.3 is 7.82 Å². The predicted octanol–water partition coefficient (Wildman–Crippen LogP) is 13.5. The summed E-state index contributed by atoms with van der Waals surface area (Å²) in [6, 6.07) is -0.863. The van der Waals surface area contributed by atoms with Crippen LogP contribution in [-0.2, 0) is 18.4 Å². The second-order valence-corrected chi connectivity index (χ2v) is 18.9. The molecule has 1 amide bonds. The van der Waals surface area contributed by atoms with E-state index in [-0.39, 0.29) is 19.1 Å². The van der Waals surface area contributed by atoms with Gasteiger partial charge in [-0.3, -0.25) is 13.8 Å². The molecule has 0 saturated heterocycles. The quantitative estimate of drug-likeness (QED) is 0.0245. The number of phosphoric ester groups is 1. The number of likely N-dealkylation sites (N-methyl/N-ethyl adjacent to an activating group) is 1. The van der Waals surface area contributed by atoms with Gasteiger partial charge in [0, 0.05) is 6.42 Å². The molecule has 0 heterocycles. The van der Waals surface area contributed by atoms with Crippen LogP contribution in [0.2, 0.25) is 0 Å². The zero-order valence-electron chi connectivity index (χ0n) is 38.1. The Labute approximate surface area is 353 Å². The third-order valence-corrected chi connectivity index (χ3v) is 11.6. The Bertz CT molecular complexity index is 1030. The Hall–Kier alpha value is -1.28. The lowest BCUT2D eigenvalue weighted by Gasteiger charge is -2.25. The van der Waals surface area contributed by atoms with Crippen molar-refractivity contribution in [2.45, 2.75) is 225 Å². The van der Waals surface area contributed by atoms with Crippen molar-refractivity contribution in [1.82, 2.24) is 5.32 Å². The molecule has 0 radical (unpaired) electrons. The maximum Gasteiger partial charge on any atom is 0.472 e. The van der Waals surface area contributed by atoms with Crippen molar-refractivity contribution in [2.24, 2.45) is 0 Å². The number of carbonyl (C=O) groups excluding carboxylic acids is 1. The first kappa shape index (κ1) is 55.7. The summed E-state index contributed by atoms with van der Waals surface area (Å²) in [5, 5.41) is 13.7. The van der Waals surface area contributed by atoms with Crippen molar-refractivity contribution in [3.63, 3.8) is 0 Å². The smallest absolute Gasteiger partial charge is 0.387 e. The van der Waals surface area contributed by atoms with Crippen LogP contribution in [0.1, 0.15) is 213 Å². The fourth-order valence-electron chi connectivity index (χ4n) is 6.78. The highest BCUT2D eigenvalue weighted by Gasteiger charge is 2.27. The van der Waals surface area contributed by atoms with Crippen LogP contribution in [0, 0.1) is 0 Å². The molecular weight excluding hydrogens is 732 g/mol. The predicted molar refractivity (Wildman–Crippen MR) is 244 cm³/mol. The number of carbonyl (C=O) groups is 1. The first-order valence-corrected chi connectivity index (χ1v) is 25.4. The van der Waals surface area contributed by atoms with E-state index in [1.807, 2.05) is 27.2 Å². The molecule has 9 heteroatoms. The van der Waals surface area contributed by atoms with Crippen molar-refractivity contribution in [3.05, 3.63) is 36.5 Å². The molecule has 0 aromatic rings. The molecule has 0 saturated carbocycles. The van der Waals surface area contributed by atoms with Crippen molar-refractivity contribution in [1.29, 1.82) is 0 Å². The first-order valence-electron chi connectivity index (χ1n) is 23.9. The van der Waals surface area contributed by atoms with Crippen LogP contribution in [0.5, 0.6) is 0 Å². The van der Waals surface area contributed by atoms with Crippen molar-refractivity contribution < 1.29 is 32.9 Å². The Morgan fingerprint density at radius 2 is 0.965 bits per heavy atom. The Kier molecular flexibility index (Phi) is 39.2. The SMILES string of the molecule is CCCCCCCCCCCCCCCCCCCCCC/C=C/CC/C=C/CC/C=C/C(O)C(COP(=O)(O)OCC[N+](C)(C)C)NC(=O)CCCCCCC. The number of hydrogen-bond donors (Lipinski definition) is 3. The van der Waals surface area contributed by atoms with Gasteiger partial charge in [-0.15, -0.1) is 0 Å². The van der Waals surface area contributed by atoms with E-state index in [1.165, 1.54) is 135 Å². The van der Waals surface area contributed by atoms with Gasteiger partial charge in [0.15, 0.2) is 0 Å². The van der Waals surface area contributed by atoms with Gasteiger partial charge in [0.1, 0.15) is 13.2 Å². The van der Waals surface area contributed by atoms with E-state index in [0.29, 0.717) is 17.4 Å². The van der Waals surface area contributed by atoms with Crippen LogP contribution in [0.15, 0.2) is 36.5 Å². The average molecular weight is 826 g/mol. The van der Waals surface area contributed by atoms with Crippen LogP contribution >= 0.6 is 7.82 Å². The maximum absolute atomic E-state index is 12.6. The van der Waals surface area contributed by atoms with E-state index in [2.05, 4.69) is 43.5 Å². The average Bonchev–Trinajstić information content (AvgIpc) is 3.16. The zero-order chi connectivity index (χ0) is 42.1. The van der Waals surface area contributed by atoms with Gasteiger partial charge in [-0.25, -0.2) is 4.57 Å². The molecule has 0 spiro atoms. The minimum atomic E-state index is -4.33. The fourth-order valence-corrected chi connectivity index (χ4v) is 7.51. The number of hydrogen-bond acceptors (Lipinski definition) is 5. The molecule has 0 bridgehead atoms. The summed E-state index contributed by atoms with van der Waals surface area (Å²) in [6.45, 7) is 4.69. The lowest BCUT2D eigenvalue weighted by atomic mass is 10.0. The molecule has 0 aliphatic rings. The number of amides is 1. The lowest BCUT2D eigenvalue weighted by Crippen LogP contribution is -2.45. The Balaban J connectivity index is 4.04. The van der Waals surface area contributed by atoms with Gasteiger partial charge in [0.25, 0.3) is 0 Å². The normalized spacial score (nSPS) is 14.6. The van der Waals surface area contributed by atoms with Gasteiger partial charge in [-0.1, -0.05) is 198 Å². The van der Waals surface area contributed by atoms with Crippen LogP contribution < -0.4 is 5.32 Å². The number of rotatable bonds is 43. The molecule has 336 valence electrons. The second kappa shape index (κ2) is 40.1. The molecule has 0 aliphatic heterocycles. The molecule has 8 nitrogen and oxygen atoms in total. The van der Waals surface area contributed by atoms with Crippen molar-refractivity contribution in [2.75, 3.05) is 40.9 Å². The van der Waals surface area contributed by atoms with Crippen LogP contribution in [0.3, 0.4) is 0 Å². The number of quaternary nitrogens is 1. The van der Waals surface area contributed by atoms with Gasteiger partial charge in [-0.05, 0) is 44.9 Å². The minimum absolute atomic E-state index is 0.0536. The van der Waals surface area contributed by atoms with Gasteiger partial charge < -0.3 is 19.8 Å². The standard InChI is InChI=1S/C48H93N2O6P/c1-6-8-10-12-13-14-15-16-17-18-19-20-21-22-23-24-25-26-27-28-29-30-31-32-33-34-35-36-38-39-41-47(51)46(49-48(52)42-40-37-11-9-7-2)45-56-57(53,54)55-44-43-50(3,4)5/h30-31,34-35,39,41,46-47,51H,6-29,32-33,36-38,40,42-45H2,1-5H3,(H-,49,52,53,54)/p+1/b31-30+,35-34+,41-39+. The van der Waals surface area contributed by atoms with E-state index in [0.717, 1.165) is 57.8 Å². The third-order valence-electron chi connectivity index (χ3n) is 10.6. The van der Waals surface area contributed by atoms with Gasteiger partial charge in [0.05, 0.1) is 39.9 Å². The minimum Gasteiger partial charge on any atom is -0.387 e. The lowest BCUT2D eigenvalue weighted by molar-refractivity contribution is -0.870. The largest absolute Gasteiger partial charge is 0.472 e. The number of nitrogens with one attached hydrogen (secondary N) is 1. The molecule has 0 aromatic carbocycles.